The monoisotopic (exact) mass is 496 g/mol. The molecule has 0 saturated carbocycles. The summed E-state index contributed by atoms with van der Waals surface area (Å²) in [5.74, 6) is -1.13. The number of nitrogens with one attached hydrogen (secondary N) is 1. The van der Waals surface area contributed by atoms with Crippen LogP contribution in [0, 0.1) is 6.92 Å². The lowest BCUT2D eigenvalue weighted by atomic mass is 10.1. The fourth-order valence-corrected chi connectivity index (χ4v) is 4.08. The fourth-order valence-electron chi connectivity index (χ4n) is 3.01. The van der Waals surface area contributed by atoms with Crippen LogP contribution in [-0.4, -0.2) is 45.6 Å². The van der Waals surface area contributed by atoms with Gasteiger partial charge in [0, 0.05) is 24.5 Å². The maximum absolute atomic E-state index is 13.1. The molecule has 0 unspecified atom stereocenters. The number of anilines is 1. The van der Waals surface area contributed by atoms with Gasteiger partial charge in [-0.2, -0.15) is 13.2 Å². The van der Waals surface area contributed by atoms with E-state index < -0.39 is 24.2 Å². The van der Waals surface area contributed by atoms with Crippen LogP contribution in [0.4, 0.5) is 18.9 Å². The highest BCUT2D eigenvalue weighted by molar-refractivity contribution is 7.99. The number of para-hydroxylation sites is 1. The van der Waals surface area contributed by atoms with Crippen molar-refractivity contribution < 1.29 is 22.8 Å². The first-order valence-corrected chi connectivity index (χ1v) is 11.1. The van der Waals surface area contributed by atoms with Crippen LogP contribution in [0.25, 0.3) is 5.69 Å². The molecular weight excluding hydrogens is 477 g/mol. The van der Waals surface area contributed by atoms with Crippen LogP contribution in [0.1, 0.15) is 11.1 Å². The van der Waals surface area contributed by atoms with Gasteiger partial charge in [0.15, 0.2) is 5.16 Å². The number of amides is 2. The number of thioether (sulfide) groups is 1. The SMILES string of the molecule is Cc1c(Cl)cccc1-n1ccnc1SCC(=O)N(C)CC(=O)Nc1ccccc1C(F)(F)F. The fraction of sp³-hybridized carbons (Fsp3) is 0.227. The Morgan fingerprint density at radius 1 is 1.18 bits per heavy atom. The highest BCUT2D eigenvalue weighted by Crippen LogP contribution is 2.34. The highest BCUT2D eigenvalue weighted by Gasteiger charge is 2.33. The quantitative estimate of drug-likeness (QED) is 0.465. The third kappa shape index (κ3) is 6.08. The van der Waals surface area contributed by atoms with Crippen LogP contribution in [0.5, 0.6) is 0 Å². The molecule has 11 heteroatoms. The van der Waals surface area contributed by atoms with E-state index in [0.29, 0.717) is 10.2 Å². The second-order valence-corrected chi connectivity index (χ2v) is 8.44. The van der Waals surface area contributed by atoms with Gasteiger partial charge in [0.05, 0.1) is 29.2 Å². The zero-order valence-corrected chi connectivity index (χ0v) is 19.3. The van der Waals surface area contributed by atoms with Gasteiger partial charge in [0.2, 0.25) is 11.8 Å². The van der Waals surface area contributed by atoms with Crippen molar-refractivity contribution in [1.29, 1.82) is 0 Å². The molecule has 174 valence electrons. The molecule has 3 aromatic rings. The van der Waals surface area contributed by atoms with Crippen molar-refractivity contribution in [3.63, 3.8) is 0 Å². The second-order valence-electron chi connectivity index (χ2n) is 7.09. The molecule has 2 amide bonds. The van der Waals surface area contributed by atoms with E-state index in [0.717, 1.165) is 28.3 Å². The Hall–Kier alpha value is -2.98. The maximum atomic E-state index is 13.1. The molecule has 1 heterocycles. The van der Waals surface area contributed by atoms with E-state index in [4.69, 9.17) is 11.6 Å². The molecule has 2 aromatic carbocycles. The Bertz CT molecular complexity index is 1170. The number of hydrogen-bond donors (Lipinski definition) is 1. The Morgan fingerprint density at radius 2 is 1.91 bits per heavy atom. The zero-order valence-electron chi connectivity index (χ0n) is 17.7. The minimum Gasteiger partial charge on any atom is -0.336 e. The summed E-state index contributed by atoms with van der Waals surface area (Å²) in [6.07, 6.45) is -1.26. The summed E-state index contributed by atoms with van der Waals surface area (Å²) < 4.78 is 41.1. The molecule has 0 radical (unpaired) electrons. The van der Waals surface area contributed by atoms with E-state index in [9.17, 15) is 22.8 Å². The van der Waals surface area contributed by atoms with Crippen molar-refractivity contribution in [3.8, 4) is 5.69 Å². The zero-order chi connectivity index (χ0) is 24.2. The summed E-state index contributed by atoms with van der Waals surface area (Å²) in [6, 6.07) is 10.1. The van der Waals surface area contributed by atoms with Gasteiger partial charge in [-0.25, -0.2) is 4.98 Å². The van der Waals surface area contributed by atoms with Crippen LogP contribution in [0.3, 0.4) is 0 Å². The van der Waals surface area contributed by atoms with E-state index in [1.165, 1.54) is 30.9 Å². The summed E-state index contributed by atoms with van der Waals surface area (Å²) in [5, 5.41) is 3.39. The van der Waals surface area contributed by atoms with Crippen molar-refractivity contribution >= 4 is 40.9 Å². The summed E-state index contributed by atoms with van der Waals surface area (Å²) in [5.41, 5.74) is 0.374. The summed E-state index contributed by atoms with van der Waals surface area (Å²) in [4.78, 5) is 30.2. The highest BCUT2D eigenvalue weighted by atomic mass is 35.5. The van der Waals surface area contributed by atoms with Crippen LogP contribution < -0.4 is 5.32 Å². The lowest BCUT2D eigenvalue weighted by Crippen LogP contribution is -2.36. The van der Waals surface area contributed by atoms with E-state index in [1.54, 1.807) is 23.0 Å². The average Bonchev–Trinajstić information content (AvgIpc) is 3.21. The first-order valence-electron chi connectivity index (χ1n) is 9.69. The minimum atomic E-state index is -4.61. The van der Waals surface area contributed by atoms with Gasteiger partial charge in [0.1, 0.15) is 0 Å². The summed E-state index contributed by atoms with van der Waals surface area (Å²) >= 11 is 7.37. The average molecular weight is 497 g/mol. The van der Waals surface area contributed by atoms with Gasteiger partial charge in [0.25, 0.3) is 0 Å². The molecule has 0 fully saturated rings. The van der Waals surface area contributed by atoms with Crippen LogP contribution in [0.2, 0.25) is 5.02 Å². The van der Waals surface area contributed by atoms with Crippen LogP contribution >= 0.6 is 23.4 Å². The van der Waals surface area contributed by atoms with Gasteiger partial charge >= 0.3 is 6.18 Å². The third-order valence-corrected chi connectivity index (χ3v) is 6.10. The number of benzene rings is 2. The Kier molecular flexibility index (Phi) is 7.70. The summed E-state index contributed by atoms with van der Waals surface area (Å²) in [6.45, 7) is 1.48. The van der Waals surface area contributed by atoms with E-state index in [2.05, 4.69) is 10.3 Å². The Morgan fingerprint density at radius 3 is 2.64 bits per heavy atom. The molecule has 0 saturated heterocycles. The first kappa shape index (κ1) is 24.7. The lowest BCUT2D eigenvalue weighted by Gasteiger charge is -2.18. The van der Waals surface area contributed by atoms with Crippen molar-refractivity contribution in [2.24, 2.45) is 0 Å². The molecule has 0 spiro atoms. The summed E-state index contributed by atoms with van der Waals surface area (Å²) in [7, 11) is 1.41. The van der Waals surface area contributed by atoms with Gasteiger partial charge in [-0.05, 0) is 36.8 Å². The molecular formula is C22H20ClF3N4O2S. The molecule has 0 aliphatic carbocycles. The number of likely N-dealkylation sites (N-methyl/N-ethyl adjacent to an activating group) is 1. The first-order chi connectivity index (χ1) is 15.6. The topological polar surface area (TPSA) is 67.2 Å². The lowest BCUT2D eigenvalue weighted by molar-refractivity contribution is -0.137. The number of halogens is 4. The normalized spacial score (nSPS) is 11.3. The molecule has 1 N–H and O–H groups in total. The molecule has 6 nitrogen and oxygen atoms in total. The molecule has 3 rings (SSSR count). The van der Waals surface area contributed by atoms with E-state index >= 15 is 0 Å². The molecule has 33 heavy (non-hydrogen) atoms. The van der Waals surface area contributed by atoms with Crippen molar-refractivity contribution in [3.05, 3.63) is 71.0 Å². The number of imidazole rings is 1. The van der Waals surface area contributed by atoms with Crippen LogP contribution in [-0.2, 0) is 15.8 Å². The maximum Gasteiger partial charge on any atom is 0.418 e. The predicted octanol–water partition coefficient (Wildman–Crippen LogP) is 5.04. The largest absolute Gasteiger partial charge is 0.418 e. The molecule has 1 aromatic heterocycles. The van der Waals surface area contributed by atoms with E-state index in [1.807, 2.05) is 19.1 Å². The van der Waals surface area contributed by atoms with Crippen LogP contribution in [0.15, 0.2) is 60.0 Å². The number of carbonyl (C=O) groups excluding carboxylic acids is 2. The smallest absolute Gasteiger partial charge is 0.336 e. The molecule has 0 bridgehead atoms. The predicted molar refractivity (Wildman–Crippen MR) is 122 cm³/mol. The number of hydrogen-bond acceptors (Lipinski definition) is 4. The molecule has 0 atom stereocenters. The molecule has 0 aliphatic heterocycles. The van der Waals surface area contributed by atoms with Crippen molar-refractivity contribution in [2.75, 3.05) is 24.7 Å². The standard InChI is InChI=1S/C22H20ClF3N4O2S/c1-14-16(23)7-5-9-18(14)30-11-10-27-21(30)33-13-20(32)29(2)12-19(31)28-17-8-4-3-6-15(17)22(24,25)26/h3-11H,12-13H2,1-2H3,(H,28,31). The minimum absolute atomic E-state index is 0.0143. The van der Waals surface area contributed by atoms with Gasteiger partial charge in [-0.1, -0.05) is 41.6 Å². The Balaban J connectivity index is 1.60. The number of aromatic nitrogens is 2. The second kappa shape index (κ2) is 10.3. The number of carbonyl (C=O) groups is 2. The van der Waals surface area contributed by atoms with Crippen molar-refractivity contribution in [1.82, 2.24) is 14.5 Å². The molecule has 0 aliphatic rings. The number of alkyl halides is 3. The Labute approximate surface area is 197 Å². The van der Waals surface area contributed by atoms with Gasteiger partial charge in [-0.15, -0.1) is 0 Å². The number of nitrogens with zero attached hydrogens (tertiary/aromatic N) is 3. The van der Waals surface area contributed by atoms with E-state index in [-0.39, 0.29) is 17.3 Å². The number of rotatable bonds is 7. The van der Waals surface area contributed by atoms with Crippen molar-refractivity contribution in [2.45, 2.75) is 18.3 Å². The van der Waals surface area contributed by atoms with Gasteiger partial charge < -0.3 is 10.2 Å². The van der Waals surface area contributed by atoms with Gasteiger partial charge in [-0.3, -0.25) is 14.2 Å². The third-order valence-electron chi connectivity index (χ3n) is 4.74.